The predicted octanol–water partition coefficient (Wildman–Crippen LogP) is 3.55. The lowest BCUT2D eigenvalue weighted by Crippen LogP contribution is -2.12. The van der Waals surface area contributed by atoms with E-state index in [0.717, 1.165) is 12.1 Å². The van der Waals surface area contributed by atoms with Gasteiger partial charge >= 0.3 is 6.18 Å². The molecule has 0 saturated carbocycles. The van der Waals surface area contributed by atoms with Crippen molar-refractivity contribution in [2.75, 3.05) is 7.11 Å². The van der Waals surface area contributed by atoms with Crippen LogP contribution in [0.4, 0.5) is 13.2 Å². The van der Waals surface area contributed by atoms with E-state index in [0.29, 0.717) is 12.0 Å². The minimum absolute atomic E-state index is 0. The van der Waals surface area contributed by atoms with Crippen molar-refractivity contribution in [3.63, 3.8) is 0 Å². The highest BCUT2D eigenvalue weighted by Crippen LogP contribution is 2.34. The number of rotatable bonds is 3. The number of hydrogen-bond acceptors (Lipinski definition) is 2. The lowest BCUT2D eigenvalue weighted by atomic mass is 10.0. The molecule has 0 saturated heterocycles. The molecule has 0 radical (unpaired) electrons. The van der Waals surface area contributed by atoms with Gasteiger partial charge in [-0.2, -0.15) is 13.2 Å². The number of halogens is 4. The van der Waals surface area contributed by atoms with Crippen molar-refractivity contribution in [3.05, 3.63) is 29.3 Å². The number of ether oxygens (including phenoxy) is 1. The van der Waals surface area contributed by atoms with Crippen molar-refractivity contribution < 1.29 is 17.9 Å². The van der Waals surface area contributed by atoms with Crippen LogP contribution in [0, 0.1) is 0 Å². The molecule has 0 unspecified atom stereocenters. The summed E-state index contributed by atoms with van der Waals surface area (Å²) in [6.07, 6.45) is -3.72. The highest BCUT2D eigenvalue weighted by atomic mass is 35.5. The predicted molar refractivity (Wildman–Crippen MR) is 62.5 cm³/mol. The molecule has 98 valence electrons. The summed E-state index contributed by atoms with van der Waals surface area (Å²) in [5.41, 5.74) is 5.64. The van der Waals surface area contributed by atoms with Crippen molar-refractivity contribution in [1.82, 2.24) is 0 Å². The van der Waals surface area contributed by atoms with Crippen LogP contribution in [0.3, 0.4) is 0 Å². The van der Waals surface area contributed by atoms with Gasteiger partial charge in [0, 0.05) is 11.6 Å². The van der Waals surface area contributed by atoms with E-state index in [2.05, 4.69) is 0 Å². The van der Waals surface area contributed by atoms with E-state index in [4.69, 9.17) is 10.5 Å². The highest BCUT2D eigenvalue weighted by Gasteiger charge is 2.31. The summed E-state index contributed by atoms with van der Waals surface area (Å²) < 4.78 is 42.2. The van der Waals surface area contributed by atoms with Crippen LogP contribution in [-0.2, 0) is 6.18 Å². The number of methoxy groups -OCH3 is 1. The van der Waals surface area contributed by atoms with Gasteiger partial charge in [0.15, 0.2) is 0 Å². The maximum atomic E-state index is 12.4. The molecule has 0 bridgehead atoms. The van der Waals surface area contributed by atoms with E-state index in [1.165, 1.54) is 13.2 Å². The third-order valence-electron chi connectivity index (χ3n) is 2.40. The molecule has 6 heteroatoms. The number of hydrogen-bond donors (Lipinski definition) is 1. The summed E-state index contributed by atoms with van der Waals surface area (Å²) in [6.45, 7) is 1.86. The fraction of sp³-hybridized carbons (Fsp3) is 0.455. The average molecular weight is 270 g/mol. The third-order valence-corrected chi connectivity index (χ3v) is 2.40. The van der Waals surface area contributed by atoms with Gasteiger partial charge in [0.2, 0.25) is 0 Å². The SMILES string of the molecule is CC[C@@H](N)c1ccc(C(F)(F)F)cc1OC.Cl. The first-order valence-electron chi connectivity index (χ1n) is 4.90. The van der Waals surface area contributed by atoms with E-state index < -0.39 is 11.7 Å². The molecule has 0 aliphatic rings. The molecule has 0 fully saturated rings. The normalized spacial score (nSPS) is 12.8. The zero-order valence-electron chi connectivity index (χ0n) is 9.54. The van der Waals surface area contributed by atoms with E-state index in [-0.39, 0.29) is 24.2 Å². The standard InChI is InChI=1S/C11H14F3NO.ClH/c1-3-9(15)8-5-4-7(11(12,13)14)6-10(8)16-2;/h4-6,9H,3,15H2,1-2H3;1H/t9-;/m1./s1. The van der Waals surface area contributed by atoms with Gasteiger partial charge in [-0.25, -0.2) is 0 Å². The summed E-state index contributed by atoms with van der Waals surface area (Å²) in [7, 11) is 1.33. The lowest BCUT2D eigenvalue weighted by molar-refractivity contribution is -0.137. The fourth-order valence-electron chi connectivity index (χ4n) is 1.41. The molecule has 1 aromatic rings. The molecule has 0 aromatic heterocycles. The Kier molecular flexibility index (Phi) is 5.78. The van der Waals surface area contributed by atoms with Gasteiger partial charge in [-0.1, -0.05) is 13.0 Å². The monoisotopic (exact) mass is 269 g/mol. The molecular weight excluding hydrogens is 255 g/mol. The molecule has 0 heterocycles. The number of nitrogens with two attached hydrogens (primary N) is 1. The summed E-state index contributed by atoms with van der Waals surface area (Å²) in [5.74, 6) is 0.184. The van der Waals surface area contributed by atoms with Crippen molar-refractivity contribution >= 4 is 12.4 Å². The fourth-order valence-corrected chi connectivity index (χ4v) is 1.41. The smallest absolute Gasteiger partial charge is 0.416 e. The van der Waals surface area contributed by atoms with Gasteiger partial charge in [0.25, 0.3) is 0 Å². The lowest BCUT2D eigenvalue weighted by Gasteiger charge is -2.16. The molecule has 17 heavy (non-hydrogen) atoms. The van der Waals surface area contributed by atoms with Crippen LogP contribution in [0.2, 0.25) is 0 Å². The quantitative estimate of drug-likeness (QED) is 0.911. The first-order valence-corrected chi connectivity index (χ1v) is 4.90. The van der Waals surface area contributed by atoms with Crippen LogP contribution in [0.15, 0.2) is 18.2 Å². The van der Waals surface area contributed by atoms with Gasteiger partial charge in [-0.15, -0.1) is 12.4 Å². The van der Waals surface area contributed by atoms with Gasteiger partial charge in [-0.05, 0) is 18.6 Å². The van der Waals surface area contributed by atoms with Crippen LogP contribution in [0.5, 0.6) is 5.75 Å². The Labute approximate surface area is 104 Å². The molecule has 1 aromatic carbocycles. The molecule has 2 N–H and O–H groups in total. The zero-order chi connectivity index (χ0) is 12.3. The molecule has 0 aliphatic heterocycles. The molecule has 2 nitrogen and oxygen atoms in total. The van der Waals surface area contributed by atoms with Crippen molar-refractivity contribution in [1.29, 1.82) is 0 Å². The second-order valence-corrected chi connectivity index (χ2v) is 3.47. The first-order chi connectivity index (χ1) is 7.40. The van der Waals surface area contributed by atoms with Crippen LogP contribution in [0.1, 0.15) is 30.5 Å². The van der Waals surface area contributed by atoms with Crippen molar-refractivity contribution in [3.8, 4) is 5.75 Å². The second kappa shape index (κ2) is 6.12. The van der Waals surface area contributed by atoms with Crippen molar-refractivity contribution in [2.45, 2.75) is 25.6 Å². The Hall–Kier alpha value is -0.940. The number of alkyl halides is 3. The minimum atomic E-state index is -4.36. The van der Waals surface area contributed by atoms with E-state index in [9.17, 15) is 13.2 Å². The van der Waals surface area contributed by atoms with Crippen LogP contribution >= 0.6 is 12.4 Å². The summed E-state index contributed by atoms with van der Waals surface area (Å²) in [6, 6.07) is 3.06. The van der Waals surface area contributed by atoms with Crippen molar-refractivity contribution in [2.24, 2.45) is 5.73 Å². The van der Waals surface area contributed by atoms with E-state index in [1.54, 1.807) is 0 Å². The number of benzene rings is 1. The van der Waals surface area contributed by atoms with Crippen LogP contribution in [0.25, 0.3) is 0 Å². The van der Waals surface area contributed by atoms with E-state index in [1.807, 2.05) is 6.92 Å². The Morgan fingerprint density at radius 2 is 1.94 bits per heavy atom. The summed E-state index contributed by atoms with van der Waals surface area (Å²) in [4.78, 5) is 0. The largest absolute Gasteiger partial charge is 0.496 e. The molecule has 0 spiro atoms. The topological polar surface area (TPSA) is 35.2 Å². The first kappa shape index (κ1) is 16.1. The van der Waals surface area contributed by atoms with Gasteiger partial charge in [0.1, 0.15) is 5.75 Å². The molecule has 1 atom stereocenters. The van der Waals surface area contributed by atoms with Crippen LogP contribution < -0.4 is 10.5 Å². The molecular formula is C11H15ClF3NO. The zero-order valence-corrected chi connectivity index (χ0v) is 10.4. The van der Waals surface area contributed by atoms with Gasteiger partial charge in [-0.3, -0.25) is 0 Å². The summed E-state index contributed by atoms with van der Waals surface area (Å²) >= 11 is 0. The van der Waals surface area contributed by atoms with E-state index >= 15 is 0 Å². The third kappa shape index (κ3) is 3.78. The van der Waals surface area contributed by atoms with Gasteiger partial charge in [0.05, 0.1) is 12.7 Å². The maximum absolute atomic E-state index is 12.4. The van der Waals surface area contributed by atoms with Crippen LogP contribution in [-0.4, -0.2) is 7.11 Å². The van der Waals surface area contributed by atoms with Gasteiger partial charge < -0.3 is 10.5 Å². The Balaban J connectivity index is 0.00000256. The highest BCUT2D eigenvalue weighted by molar-refractivity contribution is 5.85. The second-order valence-electron chi connectivity index (χ2n) is 3.47. The summed E-state index contributed by atoms with van der Waals surface area (Å²) in [5, 5.41) is 0. The molecule has 1 rings (SSSR count). The Bertz CT molecular complexity index is 368. The molecule has 0 amide bonds. The molecule has 0 aliphatic carbocycles. The Morgan fingerprint density at radius 1 is 1.35 bits per heavy atom. The minimum Gasteiger partial charge on any atom is -0.496 e. The average Bonchev–Trinajstić information content (AvgIpc) is 2.26. The Morgan fingerprint density at radius 3 is 2.35 bits per heavy atom. The maximum Gasteiger partial charge on any atom is 0.416 e.